The summed E-state index contributed by atoms with van der Waals surface area (Å²) in [5.41, 5.74) is 7.34. The molecule has 27 heavy (non-hydrogen) atoms. The smallest absolute Gasteiger partial charge is 0.354 e. The molecule has 0 radical (unpaired) electrons. The van der Waals surface area contributed by atoms with E-state index >= 15 is 0 Å². The molecule has 8 nitrogen and oxygen atoms in total. The third kappa shape index (κ3) is 3.71. The Labute approximate surface area is 161 Å². The number of amides is 2. The summed E-state index contributed by atoms with van der Waals surface area (Å²) in [6, 6.07) is 8.60. The van der Waals surface area contributed by atoms with Gasteiger partial charge in [-0.3, -0.25) is 14.5 Å². The number of ether oxygens (including phenoxy) is 2. The van der Waals surface area contributed by atoms with Gasteiger partial charge in [0, 0.05) is 12.7 Å². The summed E-state index contributed by atoms with van der Waals surface area (Å²) in [6.07, 6.45) is 0.199. The van der Waals surface area contributed by atoms with Gasteiger partial charge >= 0.3 is 5.97 Å². The average molecular weight is 391 g/mol. The van der Waals surface area contributed by atoms with Gasteiger partial charge in [0.1, 0.15) is 22.5 Å². The highest BCUT2D eigenvalue weighted by molar-refractivity contribution is 8.00. The lowest BCUT2D eigenvalue weighted by Crippen LogP contribution is -2.70. The fraction of sp³-hybridized carbons (Fsp3) is 0.389. The molecule has 2 unspecified atom stereocenters. The molecule has 1 saturated heterocycles. The fourth-order valence-electron chi connectivity index (χ4n) is 3.10. The minimum absolute atomic E-state index is 0.0689. The number of fused-ring (bicyclic) bond motifs is 1. The second-order valence-electron chi connectivity index (χ2n) is 6.17. The van der Waals surface area contributed by atoms with Crippen LogP contribution in [0, 0.1) is 0 Å². The number of carbonyl (C=O) groups excluding carboxylic acids is 3. The summed E-state index contributed by atoms with van der Waals surface area (Å²) >= 11 is 1.31. The van der Waals surface area contributed by atoms with Crippen molar-refractivity contribution >= 4 is 29.5 Å². The van der Waals surface area contributed by atoms with Crippen LogP contribution in [-0.2, 0) is 30.3 Å². The van der Waals surface area contributed by atoms with Crippen LogP contribution >= 0.6 is 11.8 Å². The van der Waals surface area contributed by atoms with Crippen LogP contribution in [0.3, 0.4) is 0 Å². The topological polar surface area (TPSA) is 111 Å². The molecular formula is C18H21N3O5S. The van der Waals surface area contributed by atoms with Crippen molar-refractivity contribution in [1.29, 1.82) is 0 Å². The number of hydrogen-bond acceptors (Lipinski definition) is 7. The summed E-state index contributed by atoms with van der Waals surface area (Å²) in [5, 5.41) is 1.93. The number of nitrogens with one attached hydrogen (secondary N) is 1. The van der Waals surface area contributed by atoms with Gasteiger partial charge in [-0.15, -0.1) is 11.8 Å². The molecule has 9 heteroatoms. The molecule has 3 atom stereocenters. The molecule has 0 bridgehead atoms. The quantitative estimate of drug-likeness (QED) is 0.518. The SMILES string of the molecule is COCC1=C(C(=O)OC)N2C(=O)C(N)[C@H]2SC1NC(=O)Cc1ccccc1. The molecule has 2 amide bonds. The first-order valence-corrected chi connectivity index (χ1v) is 9.30. The lowest BCUT2D eigenvalue weighted by Gasteiger charge is -2.50. The number of carbonyl (C=O) groups is 3. The van der Waals surface area contributed by atoms with Crippen LogP contribution in [0.4, 0.5) is 0 Å². The highest BCUT2D eigenvalue weighted by Crippen LogP contribution is 2.43. The first-order chi connectivity index (χ1) is 13.0. The van der Waals surface area contributed by atoms with Crippen molar-refractivity contribution in [1.82, 2.24) is 10.2 Å². The molecule has 0 aromatic heterocycles. The van der Waals surface area contributed by atoms with Crippen molar-refractivity contribution in [3.63, 3.8) is 0 Å². The van der Waals surface area contributed by atoms with E-state index in [0.717, 1.165) is 5.56 Å². The normalized spacial score (nSPS) is 24.2. The number of benzene rings is 1. The standard InChI is InChI=1S/C18H21N3O5S/c1-25-9-11-14(18(24)26-2)21-16(23)13(19)17(21)27-15(11)20-12(22)8-10-6-4-3-5-7-10/h3-7,13,15,17H,8-9,19H2,1-2H3,(H,20,22)/t13?,15?,17-/m1/s1. The van der Waals surface area contributed by atoms with E-state index in [2.05, 4.69) is 5.32 Å². The Bertz CT molecular complexity index is 782. The van der Waals surface area contributed by atoms with Crippen LogP contribution < -0.4 is 11.1 Å². The van der Waals surface area contributed by atoms with E-state index in [1.807, 2.05) is 30.3 Å². The van der Waals surface area contributed by atoms with Crippen molar-refractivity contribution in [3.8, 4) is 0 Å². The second-order valence-corrected chi connectivity index (χ2v) is 7.40. The van der Waals surface area contributed by atoms with Crippen LogP contribution in [0.5, 0.6) is 0 Å². The Morgan fingerprint density at radius 3 is 2.59 bits per heavy atom. The summed E-state index contributed by atoms with van der Waals surface area (Å²) in [7, 11) is 2.72. The zero-order valence-corrected chi connectivity index (χ0v) is 15.8. The average Bonchev–Trinajstić information content (AvgIpc) is 2.68. The maximum Gasteiger partial charge on any atom is 0.354 e. The Hall–Kier alpha value is -2.36. The third-order valence-electron chi connectivity index (χ3n) is 4.40. The maximum atomic E-state index is 12.5. The number of methoxy groups -OCH3 is 2. The van der Waals surface area contributed by atoms with E-state index in [9.17, 15) is 14.4 Å². The highest BCUT2D eigenvalue weighted by atomic mass is 32.2. The molecule has 2 heterocycles. The van der Waals surface area contributed by atoms with Gasteiger partial charge in [0.15, 0.2) is 0 Å². The number of thioether (sulfide) groups is 1. The van der Waals surface area contributed by atoms with Crippen LogP contribution in [0.25, 0.3) is 0 Å². The van der Waals surface area contributed by atoms with Crippen molar-refractivity contribution in [2.24, 2.45) is 5.73 Å². The second kappa shape index (κ2) is 8.12. The van der Waals surface area contributed by atoms with Gasteiger partial charge in [0.25, 0.3) is 0 Å². The number of nitrogens with two attached hydrogens (primary N) is 1. The van der Waals surface area contributed by atoms with Crippen molar-refractivity contribution < 1.29 is 23.9 Å². The van der Waals surface area contributed by atoms with Crippen molar-refractivity contribution in [3.05, 3.63) is 47.2 Å². The van der Waals surface area contributed by atoms with Gasteiger partial charge in [-0.1, -0.05) is 30.3 Å². The molecule has 0 spiro atoms. The Balaban J connectivity index is 1.87. The first-order valence-electron chi connectivity index (χ1n) is 8.35. The number of rotatable bonds is 6. The molecule has 144 valence electrons. The van der Waals surface area contributed by atoms with Gasteiger partial charge in [-0.05, 0) is 5.56 Å². The van der Waals surface area contributed by atoms with Gasteiger partial charge in [-0.2, -0.15) is 0 Å². The van der Waals surface area contributed by atoms with Crippen LogP contribution in [0.1, 0.15) is 5.56 Å². The molecule has 1 fully saturated rings. The molecule has 1 aromatic carbocycles. The minimum Gasteiger partial charge on any atom is -0.464 e. The lowest BCUT2D eigenvalue weighted by molar-refractivity contribution is -0.149. The van der Waals surface area contributed by atoms with Crippen LogP contribution in [0.2, 0.25) is 0 Å². The first kappa shape index (κ1) is 19.4. The largest absolute Gasteiger partial charge is 0.464 e. The Kier molecular flexibility index (Phi) is 5.83. The summed E-state index contributed by atoms with van der Waals surface area (Å²) in [5.74, 6) is -1.21. The predicted molar refractivity (Wildman–Crippen MR) is 99.2 cm³/mol. The number of esters is 1. The number of nitrogens with zero attached hydrogens (tertiary/aromatic N) is 1. The van der Waals surface area contributed by atoms with E-state index in [0.29, 0.717) is 5.57 Å². The number of hydrogen-bond donors (Lipinski definition) is 2. The number of β-lactam (4-membered cyclic amide) rings is 1. The summed E-state index contributed by atoms with van der Waals surface area (Å²) < 4.78 is 10.0. The van der Waals surface area contributed by atoms with Gasteiger partial charge in [0.05, 0.1) is 20.1 Å². The third-order valence-corrected chi connectivity index (χ3v) is 5.86. The molecule has 2 aliphatic rings. The van der Waals surface area contributed by atoms with Crippen molar-refractivity contribution in [2.75, 3.05) is 20.8 Å². The summed E-state index contributed by atoms with van der Waals surface area (Å²) in [4.78, 5) is 38.3. The fourth-order valence-corrected chi connectivity index (χ4v) is 4.53. The zero-order valence-electron chi connectivity index (χ0n) is 15.0. The van der Waals surface area contributed by atoms with E-state index in [4.69, 9.17) is 15.2 Å². The predicted octanol–water partition coefficient (Wildman–Crippen LogP) is -0.0127. The van der Waals surface area contributed by atoms with E-state index in [1.54, 1.807) is 0 Å². The Morgan fingerprint density at radius 2 is 1.96 bits per heavy atom. The minimum atomic E-state index is -0.729. The molecule has 1 aromatic rings. The Morgan fingerprint density at radius 1 is 1.26 bits per heavy atom. The molecule has 0 saturated carbocycles. The van der Waals surface area contributed by atoms with Crippen LogP contribution in [-0.4, -0.2) is 60.3 Å². The lowest BCUT2D eigenvalue weighted by atomic mass is 10.0. The summed E-state index contributed by atoms with van der Waals surface area (Å²) in [6.45, 7) is 0.0689. The van der Waals surface area contributed by atoms with Crippen LogP contribution in [0.15, 0.2) is 41.6 Å². The zero-order chi connectivity index (χ0) is 19.6. The van der Waals surface area contributed by atoms with E-state index in [-0.39, 0.29) is 30.5 Å². The molecule has 3 N–H and O–H groups in total. The highest BCUT2D eigenvalue weighted by Gasteiger charge is 2.54. The molecular weight excluding hydrogens is 370 g/mol. The maximum absolute atomic E-state index is 12.5. The molecule has 3 rings (SSSR count). The van der Waals surface area contributed by atoms with E-state index in [1.165, 1.54) is 30.9 Å². The monoisotopic (exact) mass is 391 g/mol. The van der Waals surface area contributed by atoms with Gasteiger partial charge < -0.3 is 20.5 Å². The van der Waals surface area contributed by atoms with E-state index < -0.39 is 22.8 Å². The van der Waals surface area contributed by atoms with Gasteiger partial charge in [0.2, 0.25) is 11.8 Å². The molecule has 0 aliphatic carbocycles. The molecule has 2 aliphatic heterocycles. The van der Waals surface area contributed by atoms with Gasteiger partial charge in [-0.25, -0.2) is 4.79 Å². The van der Waals surface area contributed by atoms with Crippen molar-refractivity contribution in [2.45, 2.75) is 23.2 Å².